The van der Waals surface area contributed by atoms with E-state index in [9.17, 15) is 22.8 Å². The highest BCUT2D eigenvalue weighted by Crippen LogP contribution is 2.36. The number of carbonyl (C=O) groups excluding carboxylic acids is 2. The molecule has 10 nitrogen and oxygen atoms in total. The molecule has 0 bridgehead atoms. The van der Waals surface area contributed by atoms with Gasteiger partial charge in [-0.25, -0.2) is 4.98 Å². The molecule has 2 saturated heterocycles. The number of alkyl halides is 3. The molecular formula is C34H32F3N7O3. The molecule has 2 fully saturated rings. The summed E-state index contributed by atoms with van der Waals surface area (Å²) in [5, 5.41) is 3.44. The summed E-state index contributed by atoms with van der Waals surface area (Å²) >= 11 is 0. The number of H-pyrrole nitrogens is 1. The van der Waals surface area contributed by atoms with Crippen molar-refractivity contribution in [2.75, 3.05) is 54.4 Å². The summed E-state index contributed by atoms with van der Waals surface area (Å²) in [6, 6.07) is 22.6. The van der Waals surface area contributed by atoms with Crippen LogP contribution in [0.5, 0.6) is 0 Å². The second kappa shape index (κ2) is 12.5. The van der Waals surface area contributed by atoms with E-state index in [2.05, 4.69) is 20.3 Å². The zero-order chi connectivity index (χ0) is 32.5. The second-order valence-corrected chi connectivity index (χ2v) is 11.8. The van der Waals surface area contributed by atoms with Crippen LogP contribution in [-0.2, 0) is 6.18 Å². The normalized spacial score (nSPS) is 16.1. The Balaban J connectivity index is 0.970. The standard InChI is InChI=1S/C34H32F3N7O3/c35-34(36,37)30-29(47-33(41-30)44-14-12-23(13-15-44)22-6-2-1-3-7-22)31(45)39-25-10-11-28(38-21-25)42-16-18-43(19-17-42)32(46)27-20-24-8-4-5-9-26(24)40-27/h1-11,20-21,23,40H,12-19H2,(H,39,45). The summed E-state index contributed by atoms with van der Waals surface area (Å²) in [7, 11) is 0. The number of piperidine rings is 1. The molecule has 2 aliphatic rings. The zero-order valence-corrected chi connectivity index (χ0v) is 25.3. The molecule has 0 radical (unpaired) electrons. The number of halogens is 3. The van der Waals surface area contributed by atoms with Crippen LogP contribution in [0.2, 0.25) is 0 Å². The lowest BCUT2D eigenvalue weighted by Crippen LogP contribution is -2.49. The number of rotatable bonds is 6. The number of anilines is 3. The van der Waals surface area contributed by atoms with Crippen LogP contribution in [0.4, 0.5) is 30.7 Å². The average Bonchev–Trinajstić information content (AvgIpc) is 3.75. The number of nitrogens with zero attached hydrogens (tertiary/aromatic N) is 5. The van der Waals surface area contributed by atoms with Crippen LogP contribution in [0, 0.1) is 0 Å². The van der Waals surface area contributed by atoms with Crippen molar-refractivity contribution in [2.45, 2.75) is 24.9 Å². The average molecular weight is 644 g/mol. The number of aromatic amines is 1. The summed E-state index contributed by atoms with van der Waals surface area (Å²) in [6.45, 7) is 2.98. The summed E-state index contributed by atoms with van der Waals surface area (Å²) in [5.41, 5.74) is 1.48. The molecule has 0 spiro atoms. The maximum Gasteiger partial charge on any atom is 0.437 e. The molecule has 7 rings (SSSR count). The first-order chi connectivity index (χ1) is 22.7. The largest absolute Gasteiger partial charge is 0.437 e. The quantitative estimate of drug-likeness (QED) is 0.228. The molecule has 242 valence electrons. The zero-order valence-electron chi connectivity index (χ0n) is 25.3. The van der Waals surface area contributed by atoms with Crippen LogP contribution in [0.15, 0.2) is 83.4 Å². The Morgan fingerprint density at radius 3 is 2.28 bits per heavy atom. The Kier molecular flexibility index (Phi) is 8.04. The van der Waals surface area contributed by atoms with Gasteiger partial charge >= 0.3 is 6.18 Å². The van der Waals surface area contributed by atoms with Crippen LogP contribution in [0.25, 0.3) is 10.9 Å². The van der Waals surface area contributed by atoms with Gasteiger partial charge in [0.25, 0.3) is 17.8 Å². The molecule has 0 unspecified atom stereocenters. The smallest absolute Gasteiger partial charge is 0.417 e. The van der Waals surface area contributed by atoms with Gasteiger partial charge in [-0.3, -0.25) is 9.59 Å². The minimum absolute atomic E-state index is 0.0719. The number of benzene rings is 2. The molecular weight excluding hydrogens is 611 g/mol. The van der Waals surface area contributed by atoms with E-state index in [1.54, 1.807) is 21.9 Å². The van der Waals surface area contributed by atoms with Crippen molar-refractivity contribution >= 4 is 40.2 Å². The van der Waals surface area contributed by atoms with Crippen molar-refractivity contribution in [3.63, 3.8) is 0 Å². The Morgan fingerprint density at radius 1 is 0.872 bits per heavy atom. The molecule has 0 saturated carbocycles. The number of aromatic nitrogens is 3. The monoisotopic (exact) mass is 643 g/mol. The van der Waals surface area contributed by atoms with E-state index in [4.69, 9.17) is 4.42 Å². The van der Waals surface area contributed by atoms with Crippen molar-refractivity contribution in [2.24, 2.45) is 0 Å². The Morgan fingerprint density at radius 2 is 1.60 bits per heavy atom. The summed E-state index contributed by atoms with van der Waals surface area (Å²) in [4.78, 5) is 42.8. The van der Waals surface area contributed by atoms with Crippen molar-refractivity contribution in [1.29, 1.82) is 0 Å². The van der Waals surface area contributed by atoms with Crippen molar-refractivity contribution in [3.05, 3.63) is 102 Å². The highest BCUT2D eigenvalue weighted by Gasteiger charge is 2.42. The first-order valence-electron chi connectivity index (χ1n) is 15.5. The van der Waals surface area contributed by atoms with Crippen LogP contribution in [-0.4, -0.2) is 70.9 Å². The number of oxazole rings is 1. The molecule has 0 atom stereocenters. The third kappa shape index (κ3) is 6.38. The Bertz CT molecular complexity index is 1840. The number of fused-ring (bicyclic) bond motifs is 1. The van der Waals surface area contributed by atoms with Gasteiger partial charge in [0.1, 0.15) is 11.5 Å². The number of carbonyl (C=O) groups is 2. The lowest BCUT2D eigenvalue weighted by molar-refractivity contribution is -0.141. The first kappa shape index (κ1) is 30.3. The van der Waals surface area contributed by atoms with E-state index >= 15 is 0 Å². The van der Waals surface area contributed by atoms with Gasteiger partial charge in [0, 0.05) is 50.2 Å². The van der Waals surface area contributed by atoms with Gasteiger partial charge in [0.2, 0.25) is 5.76 Å². The van der Waals surface area contributed by atoms with Gasteiger partial charge in [0.15, 0.2) is 5.69 Å². The van der Waals surface area contributed by atoms with E-state index in [1.807, 2.05) is 65.6 Å². The maximum absolute atomic E-state index is 13.9. The molecule has 2 amide bonds. The molecule has 13 heteroatoms. The number of piperazine rings is 1. The van der Waals surface area contributed by atoms with Crippen LogP contribution in [0.3, 0.4) is 0 Å². The Labute approximate surface area is 268 Å². The minimum Gasteiger partial charge on any atom is -0.417 e. The lowest BCUT2D eigenvalue weighted by atomic mass is 9.90. The minimum atomic E-state index is -4.88. The SMILES string of the molecule is O=C(Nc1ccc(N2CCN(C(=O)c3cc4ccccc4[nH]3)CC2)nc1)c1oc(N2CCC(c3ccccc3)CC2)nc1C(F)(F)F. The van der Waals surface area contributed by atoms with Crippen LogP contribution >= 0.6 is 0 Å². The third-order valence-corrected chi connectivity index (χ3v) is 8.78. The fraction of sp³-hybridized carbons (Fsp3) is 0.294. The number of hydrogen-bond donors (Lipinski definition) is 2. The van der Waals surface area contributed by atoms with Gasteiger partial charge in [-0.1, -0.05) is 48.5 Å². The highest BCUT2D eigenvalue weighted by molar-refractivity contribution is 6.03. The fourth-order valence-corrected chi connectivity index (χ4v) is 6.25. The third-order valence-electron chi connectivity index (χ3n) is 8.78. The molecule has 5 aromatic rings. The summed E-state index contributed by atoms with van der Waals surface area (Å²) in [6.07, 6.45) is -2.05. The van der Waals surface area contributed by atoms with Crippen LogP contribution < -0.4 is 15.1 Å². The van der Waals surface area contributed by atoms with Gasteiger partial charge < -0.3 is 29.4 Å². The van der Waals surface area contributed by atoms with Gasteiger partial charge in [-0.05, 0) is 48.6 Å². The molecule has 3 aromatic heterocycles. The Hall–Kier alpha value is -5.33. The molecule has 47 heavy (non-hydrogen) atoms. The van der Waals surface area contributed by atoms with Crippen molar-refractivity contribution in [3.8, 4) is 0 Å². The maximum atomic E-state index is 13.9. The van der Waals surface area contributed by atoms with E-state index in [0.717, 1.165) is 23.7 Å². The number of para-hydroxylation sites is 1. The molecule has 2 aliphatic heterocycles. The van der Waals surface area contributed by atoms with E-state index in [0.29, 0.717) is 56.7 Å². The summed E-state index contributed by atoms with van der Waals surface area (Å²) < 4.78 is 47.3. The number of hydrogen-bond acceptors (Lipinski definition) is 7. The first-order valence-corrected chi connectivity index (χ1v) is 15.5. The van der Waals surface area contributed by atoms with Gasteiger partial charge in [-0.15, -0.1) is 0 Å². The predicted molar refractivity (Wildman–Crippen MR) is 171 cm³/mol. The van der Waals surface area contributed by atoms with Gasteiger partial charge in [-0.2, -0.15) is 18.2 Å². The number of nitrogens with one attached hydrogen (secondary N) is 2. The fourth-order valence-electron chi connectivity index (χ4n) is 6.25. The summed E-state index contributed by atoms with van der Waals surface area (Å²) in [5.74, 6) is -1.11. The van der Waals surface area contributed by atoms with Crippen LogP contribution in [0.1, 0.15) is 51.1 Å². The predicted octanol–water partition coefficient (Wildman–Crippen LogP) is 6.17. The number of pyridine rings is 1. The van der Waals surface area contributed by atoms with E-state index < -0.39 is 23.5 Å². The van der Waals surface area contributed by atoms with Gasteiger partial charge in [0.05, 0.1) is 11.9 Å². The molecule has 2 aromatic carbocycles. The molecule has 0 aliphatic carbocycles. The van der Waals surface area contributed by atoms with Crippen molar-refractivity contribution in [1.82, 2.24) is 19.9 Å². The molecule has 2 N–H and O–H groups in total. The second-order valence-electron chi connectivity index (χ2n) is 11.8. The van der Waals surface area contributed by atoms with Crippen molar-refractivity contribution < 1.29 is 27.2 Å². The van der Waals surface area contributed by atoms with E-state index in [-0.39, 0.29) is 17.6 Å². The topological polar surface area (TPSA) is 111 Å². The number of amides is 2. The van der Waals surface area contributed by atoms with E-state index in [1.165, 1.54) is 11.8 Å². The highest BCUT2D eigenvalue weighted by atomic mass is 19.4. The molecule has 5 heterocycles. The lowest BCUT2D eigenvalue weighted by Gasteiger charge is -2.35.